The zero-order chi connectivity index (χ0) is 16.3. The van der Waals surface area contributed by atoms with Gasteiger partial charge in [-0.05, 0) is 45.7 Å². The van der Waals surface area contributed by atoms with Crippen LogP contribution in [0.25, 0.3) is 0 Å². The lowest BCUT2D eigenvalue weighted by atomic mass is 10.2. The lowest BCUT2D eigenvalue weighted by molar-refractivity contribution is -0.119. The number of amides is 2. The van der Waals surface area contributed by atoms with Crippen molar-refractivity contribution in [1.29, 1.82) is 0 Å². The van der Waals surface area contributed by atoms with Crippen LogP contribution >= 0.6 is 0 Å². The van der Waals surface area contributed by atoms with Gasteiger partial charge in [-0.2, -0.15) is 0 Å². The number of nitrogens with zero attached hydrogens (tertiary/aromatic N) is 2. The lowest BCUT2D eigenvalue weighted by Crippen LogP contribution is -2.36. The SMILES string of the molecule is CN(C(=O)C1CC1)c1ccc(NNC(=O)OC(C)(C)C)nc1. The molecule has 7 nitrogen and oxygen atoms in total. The highest BCUT2D eigenvalue weighted by Gasteiger charge is 2.32. The van der Waals surface area contributed by atoms with Crippen LogP contribution in [0.5, 0.6) is 0 Å². The van der Waals surface area contributed by atoms with E-state index in [1.54, 1.807) is 51.0 Å². The Hall–Kier alpha value is -2.31. The van der Waals surface area contributed by atoms with Gasteiger partial charge >= 0.3 is 6.09 Å². The maximum atomic E-state index is 11.9. The molecular weight excluding hydrogens is 284 g/mol. The third-order valence-electron chi connectivity index (χ3n) is 3.08. The number of hydrazine groups is 1. The third-order valence-corrected chi connectivity index (χ3v) is 3.08. The number of rotatable bonds is 4. The standard InChI is InChI=1S/C15H22N4O3/c1-15(2,3)22-14(21)18-17-12-8-7-11(9-16-12)19(4)13(20)10-5-6-10/h7-10H,5-6H2,1-4H3,(H,16,17)(H,18,21). The number of anilines is 2. The Balaban J connectivity index is 1.86. The summed E-state index contributed by atoms with van der Waals surface area (Å²) >= 11 is 0. The maximum Gasteiger partial charge on any atom is 0.426 e. The first-order valence-corrected chi connectivity index (χ1v) is 7.25. The van der Waals surface area contributed by atoms with E-state index >= 15 is 0 Å². The van der Waals surface area contributed by atoms with Crippen molar-refractivity contribution in [3.8, 4) is 0 Å². The normalized spacial score (nSPS) is 14.2. The van der Waals surface area contributed by atoms with Crippen molar-refractivity contribution in [3.05, 3.63) is 18.3 Å². The Morgan fingerprint density at radius 2 is 2.00 bits per heavy atom. The number of ether oxygens (including phenoxy) is 1. The van der Waals surface area contributed by atoms with Crippen LogP contribution in [0.3, 0.4) is 0 Å². The van der Waals surface area contributed by atoms with Crippen LogP contribution in [0.1, 0.15) is 33.6 Å². The van der Waals surface area contributed by atoms with Gasteiger partial charge in [0.15, 0.2) is 0 Å². The molecule has 1 aromatic rings. The Bertz CT molecular complexity index is 547. The molecule has 0 aromatic carbocycles. The molecule has 1 heterocycles. The first-order chi connectivity index (χ1) is 10.3. The Labute approximate surface area is 130 Å². The molecular formula is C15H22N4O3. The minimum Gasteiger partial charge on any atom is -0.443 e. The molecule has 22 heavy (non-hydrogen) atoms. The summed E-state index contributed by atoms with van der Waals surface area (Å²) in [5.74, 6) is 0.743. The molecule has 1 aliphatic rings. The Morgan fingerprint density at radius 3 is 2.50 bits per heavy atom. The second-order valence-electron chi connectivity index (χ2n) is 6.33. The largest absolute Gasteiger partial charge is 0.443 e. The van der Waals surface area contributed by atoms with Crippen LogP contribution in [0.15, 0.2) is 18.3 Å². The van der Waals surface area contributed by atoms with Crippen LogP contribution in [0, 0.1) is 5.92 Å². The van der Waals surface area contributed by atoms with E-state index in [9.17, 15) is 9.59 Å². The zero-order valence-corrected chi connectivity index (χ0v) is 13.3. The van der Waals surface area contributed by atoms with Gasteiger partial charge in [-0.1, -0.05) is 0 Å². The second-order valence-corrected chi connectivity index (χ2v) is 6.33. The summed E-state index contributed by atoms with van der Waals surface area (Å²) in [6.45, 7) is 5.35. The summed E-state index contributed by atoms with van der Waals surface area (Å²) < 4.78 is 5.09. The molecule has 0 atom stereocenters. The van der Waals surface area contributed by atoms with E-state index in [1.165, 1.54) is 0 Å². The molecule has 0 aliphatic heterocycles. The quantitative estimate of drug-likeness (QED) is 0.834. The number of pyridine rings is 1. The first-order valence-electron chi connectivity index (χ1n) is 7.25. The lowest BCUT2D eigenvalue weighted by Gasteiger charge is -2.20. The fourth-order valence-electron chi connectivity index (χ4n) is 1.81. The van der Waals surface area contributed by atoms with Crippen molar-refractivity contribution in [3.63, 3.8) is 0 Å². The van der Waals surface area contributed by atoms with E-state index in [0.29, 0.717) is 5.82 Å². The number of carbonyl (C=O) groups excluding carboxylic acids is 2. The topological polar surface area (TPSA) is 83.6 Å². The highest BCUT2D eigenvalue weighted by molar-refractivity contribution is 5.95. The van der Waals surface area contributed by atoms with E-state index in [2.05, 4.69) is 15.8 Å². The van der Waals surface area contributed by atoms with Crippen molar-refractivity contribution in [2.24, 2.45) is 5.92 Å². The first kappa shape index (κ1) is 16.1. The van der Waals surface area contributed by atoms with Crippen LogP contribution < -0.4 is 15.8 Å². The number of hydrogen-bond acceptors (Lipinski definition) is 5. The average Bonchev–Trinajstić information content (AvgIpc) is 3.27. The molecule has 1 aliphatic carbocycles. The molecule has 0 spiro atoms. The molecule has 1 aromatic heterocycles. The number of aromatic nitrogens is 1. The van der Waals surface area contributed by atoms with Gasteiger partial charge in [-0.3, -0.25) is 10.2 Å². The summed E-state index contributed by atoms with van der Waals surface area (Å²) in [5, 5.41) is 0. The summed E-state index contributed by atoms with van der Waals surface area (Å²) in [5.41, 5.74) is 5.22. The Morgan fingerprint density at radius 1 is 1.32 bits per heavy atom. The highest BCUT2D eigenvalue weighted by atomic mass is 16.6. The number of carbonyl (C=O) groups is 2. The molecule has 0 saturated heterocycles. The molecule has 0 radical (unpaired) electrons. The van der Waals surface area contributed by atoms with Gasteiger partial charge in [0.05, 0.1) is 11.9 Å². The number of hydrogen-bond donors (Lipinski definition) is 2. The van der Waals surface area contributed by atoms with Crippen molar-refractivity contribution in [2.45, 2.75) is 39.2 Å². The third kappa shape index (κ3) is 4.61. The van der Waals surface area contributed by atoms with Gasteiger partial charge < -0.3 is 9.64 Å². The van der Waals surface area contributed by atoms with Crippen molar-refractivity contribution >= 4 is 23.5 Å². The predicted octanol–water partition coefficient (Wildman–Crippen LogP) is 2.31. The molecule has 0 unspecified atom stereocenters. The average molecular weight is 306 g/mol. The molecule has 2 N–H and O–H groups in total. The van der Waals surface area contributed by atoms with Crippen LogP contribution in [-0.2, 0) is 9.53 Å². The van der Waals surface area contributed by atoms with E-state index < -0.39 is 11.7 Å². The van der Waals surface area contributed by atoms with Crippen molar-refractivity contribution in [2.75, 3.05) is 17.4 Å². The smallest absolute Gasteiger partial charge is 0.426 e. The van der Waals surface area contributed by atoms with Crippen LogP contribution in [0.4, 0.5) is 16.3 Å². The van der Waals surface area contributed by atoms with Gasteiger partial charge in [0, 0.05) is 13.0 Å². The maximum absolute atomic E-state index is 11.9. The molecule has 1 saturated carbocycles. The monoisotopic (exact) mass is 306 g/mol. The van der Waals surface area contributed by atoms with E-state index in [-0.39, 0.29) is 11.8 Å². The second kappa shape index (κ2) is 6.21. The highest BCUT2D eigenvalue weighted by Crippen LogP contribution is 2.32. The van der Waals surface area contributed by atoms with Crippen LogP contribution in [0.2, 0.25) is 0 Å². The van der Waals surface area contributed by atoms with E-state index in [0.717, 1.165) is 18.5 Å². The summed E-state index contributed by atoms with van der Waals surface area (Å²) in [6.07, 6.45) is 2.94. The molecule has 120 valence electrons. The summed E-state index contributed by atoms with van der Waals surface area (Å²) in [6, 6.07) is 3.45. The molecule has 2 rings (SSSR count). The van der Waals surface area contributed by atoms with Gasteiger partial charge in [0.25, 0.3) is 0 Å². The van der Waals surface area contributed by atoms with Crippen molar-refractivity contribution in [1.82, 2.24) is 10.4 Å². The summed E-state index contributed by atoms with van der Waals surface area (Å²) in [7, 11) is 1.74. The van der Waals surface area contributed by atoms with Gasteiger partial charge in [0.1, 0.15) is 11.4 Å². The van der Waals surface area contributed by atoms with Gasteiger partial charge in [-0.15, -0.1) is 0 Å². The van der Waals surface area contributed by atoms with Gasteiger partial charge in [-0.25, -0.2) is 15.2 Å². The Kier molecular flexibility index (Phi) is 4.54. The van der Waals surface area contributed by atoms with Gasteiger partial charge in [0.2, 0.25) is 5.91 Å². The molecule has 0 bridgehead atoms. The molecule has 7 heteroatoms. The fraction of sp³-hybridized carbons (Fsp3) is 0.533. The minimum absolute atomic E-state index is 0.120. The minimum atomic E-state index is -0.584. The van der Waals surface area contributed by atoms with E-state index in [4.69, 9.17) is 4.74 Å². The molecule has 1 fully saturated rings. The molecule has 2 amide bonds. The van der Waals surface area contributed by atoms with Crippen molar-refractivity contribution < 1.29 is 14.3 Å². The predicted molar refractivity (Wildman–Crippen MR) is 83.4 cm³/mol. The van der Waals surface area contributed by atoms with Crippen LogP contribution in [-0.4, -0.2) is 29.6 Å². The van der Waals surface area contributed by atoms with E-state index in [1.807, 2.05) is 0 Å². The number of nitrogens with one attached hydrogen (secondary N) is 2. The summed E-state index contributed by atoms with van der Waals surface area (Å²) in [4.78, 5) is 29.2. The fourth-order valence-corrected chi connectivity index (χ4v) is 1.81. The zero-order valence-electron chi connectivity index (χ0n) is 13.3.